The molecule has 4 fully saturated rings. The van der Waals surface area contributed by atoms with E-state index in [0.29, 0.717) is 70.8 Å². The van der Waals surface area contributed by atoms with E-state index in [1.165, 1.54) is 6.92 Å². The van der Waals surface area contributed by atoms with Crippen LogP contribution in [0.3, 0.4) is 0 Å². The van der Waals surface area contributed by atoms with E-state index in [-0.39, 0.29) is 113 Å². The first kappa shape index (κ1) is 78.0. The number of amides is 3. The number of Topliss-reactive ketones (excluding diaryl/α,β-unsaturated/α-hetero) is 3. The van der Waals surface area contributed by atoms with Gasteiger partial charge in [-0.3, -0.25) is 33.7 Å². The Morgan fingerprint density at radius 2 is 0.753 bits per heavy atom. The van der Waals surface area contributed by atoms with E-state index in [9.17, 15) is 95.2 Å². The monoisotopic (exact) mass is 1290 g/mol. The summed E-state index contributed by atoms with van der Waals surface area (Å²) in [5.74, 6) is -0.901. The molecule has 0 bridgehead atoms. The van der Waals surface area contributed by atoms with Gasteiger partial charge in [-0.15, -0.1) is 0 Å². The van der Waals surface area contributed by atoms with Gasteiger partial charge in [0, 0.05) is 58.2 Å². The predicted molar refractivity (Wildman–Crippen MR) is 307 cm³/mol. The van der Waals surface area contributed by atoms with Gasteiger partial charge in [-0.1, -0.05) is 44.9 Å². The molecular weight excluding hydrogens is 1180 g/mol. The number of ether oxygens (including phenoxy) is 8. The summed E-state index contributed by atoms with van der Waals surface area (Å²) in [5, 5.41) is 142. The Kier molecular flexibility index (Phi) is 36.8. The fourth-order valence-corrected chi connectivity index (χ4v) is 10.6. The van der Waals surface area contributed by atoms with Crippen molar-refractivity contribution in [1.29, 1.82) is 0 Å². The van der Waals surface area contributed by atoms with Crippen molar-refractivity contribution < 1.29 is 133 Å². The van der Waals surface area contributed by atoms with E-state index in [0.717, 1.165) is 25.7 Å². The number of nitrogens with one attached hydrogen (secondary N) is 3. The van der Waals surface area contributed by atoms with Gasteiger partial charge in [0.15, 0.2) is 25.2 Å². The Hall–Kier alpha value is -3.46. The molecule has 4 aliphatic heterocycles. The van der Waals surface area contributed by atoms with Crippen LogP contribution >= 0.6 is 0 Å². The van der Waals surface area contributed by atoms with Crippen molar-refractivity contribution in [3.8, 4) is 0 Å². The van der Waals surface area contributed by atoms with Crippen molar-refractivity contribution in [2.24, 2.45) is 0 Å². The van der Waals surface area contributed by atoms with E-state index >= 15 is 0 Å². The van der Waals surface area contributed by atoms with Crippen LogP contribution in [0.4, 0.5) is 0 Å². The lowest BCUT2D eigenvalue weighted by Crippen LogP contribution is -2.65. The molecule has 516 valence electrons. The number of nitrogens with zero attached hydrogens (tertiary/aromatic N) is 1. The fourth-order valence-electron chi connectivity index (χ4n) is 10.6. The van der Waals surface area contributed by atoms with Gasteiger partial charge in [0.2, 0.25) is 17.7 Å². The molecule has 4 rings (SSSR count). The smallest absolute Gasteiger partial charge is 0.220 e. The molecule has 0 aromatic heterocycles. The van der Waals surface area contributed by atoms with Crippen LogP contribution in [0.1, 0.15) is 136 Å². The van der Waals surface area contributed by atoms with Crippen molar-refractivity contribution in [1.82, 2.24) is 20.9 Å². The molecule has 1 unspecified atom stereocenters. The van der Waals surface area contributed by atoms with Gasteiger partial charge in [-0.2, -0.15) is 0 Å². The zero-order valence-electron chi connectivity index (χ0n) is 51.2. The molecule has 16 N–H and O–H groups in total. The van der Waals surface area contributed by atoms with Crippen LogP contribution in [0.5, 0.6) is 0 Å². The van der Waals surface area contributed by atoms with Crippen molar-refractivity contribution in [3.63, 3.8) is 0 Å². The molecule has 4 aliphatic rings. The quantitative estimate of drug-likeness (QED) is 0.0254. The SMILES string of the molecule is CCNC(=O)CCCCCCCC(=O)CN(CC(=O)CCCCCCC(=O)NCCO[C@@H]1O[C@@H](C)[C@@H](O)[C@@H](O)[C@@H]1O)CC(=O)CCCCCCC(=O)NCCO[C@H]1O[C@H](CO[C@H]2O[C@H](CO)[C@@H](O)[C@H](O)[C@@H]2O)[C@@H](O)C(O[C@H]2O[C@H](CO)[C@@H](O)[C@H](O)[C@@H]2O)[C@@H]1O. The number of aliphatic hydroxyl groups excluding tert-OH is 13. The number of carbonyl (C=O) groups is 6. The molecule has 0 aliphatic carbocycles. The van der Waals surface area contributed by atoms with Crippen LogP contribution in [-0.4, -0.2) is 301 Å². The molecule has 89 heavy (non-hydrogen) atoms. The van der Waals surface area contributed by atoms with Crippen LogP contribution < -0.4 is 16.0 Å². The summed E-state index contributed by atoms with van der Waals surface area (Å²) in [6.45, 7) is 1.29. The van der Waals surface area contributed by atoms with E-state index < -0.39 is 143 Å². The standard InChI is InChI=1S/C58H102N4O27/c1-3-59-40(68)20-14-6-4-5-11-17-34(65)27-62(28-35(66)18-12-7-9-15-21-41(69)60-23-25-82-55-50(78)47(75)43(71)33(2)85-55)29-36(67)19-13-8-10-16-22-42(70)61-24-26-83-57-53(81)54(89-58-52(80)49(77)45(73)38(31-64)87-58)46(74)39(88-57)32-84-56-51(79)48(76)44(72)37(30-63)86-56/h33,37-39,43-58,63-64,71-81H,3-32H2,1-2H3,(H,59,68)(H,60,69)(H,61,70)/t33-,37+,38+,39+,43+,44+,45+,46+,47+,48-,49-,50-,51-,52-,53-,54?,55+,56-,57-,58+/m0/s1. The number of hydrogen-bond acceptors (Lipinski definition) is 28. The van der Waals surface area contributed by atoms with Gasteiger partial charge in [0.1, 0.15) is 109 Å². The second kappa shape index (κ2) is 42.0. The fraction of sp³-hybridized carbons (Fsp3) is 0.897. The number of unbranched alkanes of at least 4 members (excludes halogenated alkanes) is 10. The summed E-state index contributed by atoms with van der Waals surface area (Å²) in [6.07, 6.45) is -21.7. The Labute approximate surface area is 518 Å². The Bertz CT molecular complexity index is 2070. The van der Waals surface area contributed by atoms with Crippen LogP contribution in [-0.2, 0) is 66.7 Å². The van der Waals surface area contributed by atoms with Crippen molar-refractivity contribution in [3.05, 3.63) is 0 Å². The Morgan fingerprint density at radius 3 is 1.19 bits per heavy atom. The normalized spacial score (nSPS) is 32.4. The molecule has 0 saturated carbocycles. The van der Waals surface area contributed by atoms with Gasteiger partial charge in [-0.05, 0) is 52.4 Å². The first-order chi connectivity index (χ1) is 42.5. The molecule has 0 spiro atoms. The van der Waals surface area contributed by atoms with Crippen molar-refractivity contribution in [2.45, 2.75) is 259 Å². The minimum absolute atomic E-state index is 0.00672. The largest absolute Gasteiger partial charge is 0.394 e. The van der Waals surface area contributed by atoms with Crippen LogP contribution in [0, 0.1) is 0 Å². The van der Waals surface area contributed by atoms with Crippen LogP contribution in [0.2, 0.25) is 0 Å². The predicted octanol–water partition coefficient (Wildman–Crippen LogP) is -4.91. The zero-order chi connectivity index (χ0) is 65.6. The molecule has 4 saturated heterocycles. The molecule has 31 nitrogen and oxygen atoms in total. The number of carbonyl (C=O) groups excluding carboxylic acids is 6. The van der Waals surface area contributed by atoms with E-state index in [2.05, 4.69) is 16.0 Å². The summed E-state index contributed by atoms with van der Waals surface area (Å²) >= 11 is 0. The van der Waals surface area contributed by atoms with E-state index in [4.69, 9.17) is 37.9 Å². The molecule has 20 atom stereocenters. The summed E-state index contributed by atoms with van der Waals surface area (Å²) in [7, 11) is 0. The minimum Gasteiger partial charge on any atom is -0.394 e. The third-order valence-corrected chi connectivity index (χ3v) is 15.9. The summed E-state index contributed by atoms with van der Waals surface area (Å²) in [4.78, 5) is 78.1. The maximum atomic E-state index is 13.3. The highest BCUT2D eigenvalue weighted by atomic mass is 16.8. The molecule has 0 aromatic carbocycles. The molecule has 31 heteroatoms. The average molecular weight is 1290 g/mol. The summed E-state index contributed by atoms with van der Waals surface area (Å²) in [6, 6.07) is 0. The molecule has 3 amide bonds. The Morgan fingerprint density at radius 1 is 0.393 bits per heavy atom. The number of aliphatic hydroxyl groups is 13. The van der Waals surface area contributed by atoms with E-state index in [1.54, 1.807) is 4.90 Å². The third-order valence-electron chi connectivity index (χ3n) is 15.9. The van der Waals surface area contributed by atoms with Gasteiger partial charge < -0.3 is 120 Å². The maximum absolute atomic E-state index is 13.3. The highest BCUT2D eigenvalue weighted by molar-refractivity contribution is 5.86. The maximum Gasteiger partial charge on any atom is 0.220 e. The van der Waals surface area contributed by atoms with E-state index in [1.807, 2.05) is 6.92 Å². The highest BCUT2D eigenvalue weighted by Gasteiger charge is 2.52. The summed E-state index contributed by atoms with van der Waals surface area (Å²) < 4.78 is 44.4. The zero-order valence-corrected chi connectivity index (χ0v) is 51.2. The number of rotatable bonds is 44. The van der Waals surface area contributed by atoms with Crippen LogP contribution in [0.25, 0.3) is 0 Å². The Balaban J connectivity index is 1.17. The van der Waals surface area contributed by atoms with Crippen molar-refractivity contribution in [2.75, 3.05) is 72.3 Å². The molecule has 4 heterocycles. The first-order valence-electron chi connectivity index (χ1n) is 31.4. The minimum atomic E-state index is -1.94. The third kappa shape index (κ3) is 26.8. The molecular formula is C58H102N4O27. The molecule has 0 aromatic rings. The number of ketones is 3. The average Bonchev–Trinajstić information content (AvgIpc) is 1.47. The molecule has 0 radical (unpaired) electrons. The van der Waals surface area contributed by atoms with Gasteiger partial charge >= 0.3 is 0 Å². The van der Waals surface area contributed by atoms with Gasteiger partial charge in [0.25, 0.3) is 0 Å². The lowest BCUT2D eigenvalue weighted by Gasteiger charge is -2.46. The highest BCUT2D eigenvalue weighted by Crippen LogP contribution is 2.31. The first-order valence-corrected chi connectivity index (χ1v) is 31.4. The van der Waals surface area contributed by atoms with Gasteiger partial charge in [-0.25, -0.2) is 0 Å². The van der Waals surface area contributed by atoms with Crippen LogP contribution in [0.15, 0.2) is 0 Å². The number of hydrogen-bond donors (Lipinski definition) is 16. The van der Waals surface area contributed by atoms with Crippen molar-refractivity contribution >= 4 is 35.1 Å². The summed E-state index contributed by atoms with van der Waals surface area (Å²) in [5.41, 5.74) is 0. The lowest BCUT2D eigenvalue weighted by molar-refractivity contribution is -0.366. The second-order valence-corrected chi connectivity index (χ2v) is 23.3. The van der Waals surface area contributed by atoms with Gasteiger partial charge in [0.05, 0.1) is 58.8 Å². The topological polar surface area (TPSA) is 479 Å². The second-order valence-electron chi connectivity index (χ2n) is 23.3. The lowest BCUT2D eigenvalue weighted by atomic mass is 9.96.